The van der Waals surface area contributed by atoms with Crippen molar-refractivity contribution in [3.05, 3.63) is 57.9 Å². The van der Waals surface area contributed by atoms with Crippen LogP contribution in [-0.4, -0.2) is 42.5 Å². The molecule has 0 aliphatic carbocycles. The minimum absolute atomic E-state index is 0.0733. The second-order valence-corrected chi connectivity index (χ2v) is 6.52. The van der Waals surface area contributed by atoms with Gasteiger partial charge in [-0.25, -0.2) is 9.59 Å². The molecule has 7 heteroatoms. The van der Waals surface area contributed by atoms with Crippen LogP contribution in [0.3, 0.4) is 0 Å². The number of benzene rings is 1. The van der Waals surface area contributed by atoms with Gasteiger partial charge in [0.15, 0.2) is 6.10 Å². The number of esters is 2. The van der Waals surface area contributed by atoms with Crippen LogP contribution in [-0.2, 0) is 14.3 Å². The molecule has 0 spiro atoms. The van der Waals surface area contributed by atoms with E-state index in [0.29, 0.717) is 28.1 Å². The summed E-state index contributed by atoms with van der Waals surface area (Å²) in [5.41, 5.74) is 2.62. The van der Waals surface area contributed by atoms with Crippen LogP contribution in [0.1, 0.15) is 44.6 Å². The number of para-hydroxylation sites is 1. The second-order valence-electron chi connectivity index (χ2n) is 6.52. The molecule has 0 fully saturated rings. The first kappa shape index (κ1) is 19.4. The Morgan fingerprint density at radius 1 is 1.14 bits per heavy atom. The number of aromatic nitrogens is 1. The van der Waals surface area contributed by atoms with Gasteiger partial charge < -0.3 is 19.2 Å². The molecule has 0 saturated carbocycles. The molecule has 1 atom stereocenters. The first-order valence-electron chi connectivity index (χ1n) is 8.78. The molecular weight excluding hydrogens is 362 g/mol. The van der Waals surface area contributed by atoms with Crippen molar-refractivity contribution >= 4 is 23.8 Å². The fourth-order valence-electron chi connectivity index (χ4n) is 3.13. The van der Waals surface area contributed by atoms with Crippen LogP contribution in [0.4, 0.5) is 0 Å². The maximum absolute atomic E-state index is 12.7. The lowest BCUT2D eigenvalue weighted by Gasteiger charge is -2.18. The number of carbonyl (C=O) groups is 3. The number of carbonyl (C=O) groups excluding carboxylic acids is 3. The molecule has 3 rings (SSSR count). The lowest BCUT2D eigenvalue weighted by atomic mass is 10.1. The molecule has 0 bridgehead atoms. The lowest BCUT2D eigenvalue weighted by molar-refractivity contribution is -0.141. The number of fused-ring (bicyclic) bond motifs is 1. The predicted molar refractivity (Wildman–Crippen MR) is 101 cm³/mol. The van der Waals surface area contributed by atoms with Crippen LogP contribution in [0.25, 0.3) is 6.08 Å². The Balaban J connectivity index is 1.76. The molecule has 2 aromatic rings. The first-order valence-corrected chi connectivity index (χ1v) is 8.78. The zero-order valence-corrected chi connectivity index (χ0v) is 16.1. The van der Waals surface area contributed by atoms with Crippen molar-refractivity contribution in [2.45, 2.75) is 26.9 Å². The van der Waals surface area contributed by atoms with Crippen LogP contribution >= 0.6 is 0 Å². The van der Waals surface area contributed by atoms with Crippen LogP contribution in [0.15, 0.2) is 29.8 Å². The van der Waals surface area contributed by atoms with E-state index >= 15 is 0 Å². The van der Waals surface area contributed by atoms with Gasteiger partial charge in [-0.3, -0.25) is 4.79 Å². The summed E-state index contributed by atoms with van der Waals surface area (Å²) in [6.07, 6.45) is 0.658. The maximum Gasteiger partial charge on any atom is 0.339 e. The molecule has 0 saturated heterocycles. The van der Waals surface area contributed by atoms with Crippen LogP contribution in [0.5, 0.6) is 5.75 Å². The third kappa shape index (κ3) is 3.55. The SMILES string of the molecule is COC(=O)c1c(C)[nH]c(C(=O)[C@H](C)OC(=O)C2=Cc3ccccc3OC2)c1C. The fraction of sp³-hybridized carbons (Fsp3) is 0.286. The van der Waals surface area contributed by atoms with Gasteiger partial charge in [0.1, 0.15) is 12.4 Å². The number of ether oxygens (including phenoxy) is 3. The van der Waals surface area contributed by atoms with E-state index in [4.69, 9.17) is 14.2 Å². The van der Waals surface area contributed by atoms with Gasteiger partial charge in [0.2, 0.25) is 5.78 Å². The van der Waals surface area contributed by atoms with Crippen LogP contribution in [0.2, 0.25) is 0 Å². The molecule has 28 heavy (non-hydrogen) atoms. The number of rotatable bonds is 5. The molecule has 1 aromatic heterocycles. The third-order valence-corrected chi connectivity index (χ3v) is 4.62. The highest BCUT2D eigenvalue weighted by molar-refractivity contribution is 6.05. The molecule has 1 aliphatic rings. The molecule has 0 radical (unpaired) electrons. The Labute approximate surface area is 162 Å². The van der Waals surface area contributed by atoms with Gasteiger partial charge in [0, 0.05) is 11.3 Å². The van der Waals surface area contributed by atoms with Crippen molar-refractivity contribution in [2.75, 3.05) is 13.7 Å². The number of nitrogens with one attached hydrogen (secondary N) is 1. The Morgan fingerprint density at radius 3 is 2.57 bits per heavy atom. The number of aromatic amines is 1. The smallest absolute Gasteiger partial charge is 0.339 e. The summed E-state index contributed by atoms with van der Waals surface area (Å²) < 4.78 is 15.6. The quantitative estimate of drug-likeness (QED) is 0.630. The summed E-state index contributed by atoms with van der Waals surface area (Å²) in [4.78, 5) is 40.0. The highest BCUT2D eigenvalue weighted by Gasteiger charge is 2.28. The average molecular weight is 383 g/mol. The fourth-order valence-corrected chi connectivity index (χ4v) is 3.13. The monoisotopic (exact) mass is 383 g/mol. The van der Waals surface area contributed by atoms with Gasteiger partial charge >= 0.3 is 11.9 Å². The number of ketones is 1. The van der Waals surface area contributed by atoms with Crippen LogP contribution < -0.4 is 4.74 Å². The van der Waals surface area contributed by atoms with Gasteiger partial charge in [-0.1, -0.05) is 18.2 Å². The normalized spacial score (nSPS) is 13.6. The summed E-state index contributed by atoms with van der Waals surface area (Å²) >= 11 is 0. The lowest BCUT2D eigenvalue weighted by Crippen LogP contribution is -2.28. The van der Waals surface area contributed by atoms with E-state index in [9.17, 15) is 14.4 Å². The van der Waals surface area contributed by atoms with Crippen molar-refractivity contribution < 1.29 is 28.6 Å². The molecular formula is C21H21NO6. The number of hydrogen-bond donors (Lipinski definition) is 1. The zero-order valence-electron chi connectivity index (χ0n) is 16.1. The molecule has 0 unspecified atom stereocenters. The maximum atomic E-state index is 12.7. The van der Waals surface area contributed by atoms with Crippen LogP contribution in [0, 0.1) is 13.8 Å². The number of hydrogen-bond acceptors (Lipinski definition) is 6. The molecule has 0 amide bonds. The van der Waals surface area contributed by atoms with Gasteiger partial charge in [-0.15, -0.1) is 0 Å². The molecule has 7 nitrogen and oxygen atoms in total. The molecule has 2 heterocycles. The van der Waals surface area contributed by atoms with Gasteiger partial charge in [0.25, 0.3) is 0 Å². The van der Waals surface area contributed by atoms with Gasteiger partial charge in [-0.2, -0.15) is 0 Å². The third-order valence-electron chi connectivity index (χ3n) is 4.62. The van der Waals surface area contributed by atoms with E-state index in [1.54, 1.807) is 19.9 Å². The van der Waals surface area contributed by atoms with E-state index in [1.807, 2.05) is 24.3 Å². The summed E-state index contributed by atoms with van der Waals surface area (Å²) in [5, 5.41) is 0. The molecule has 146 valence electrons. The number of H-pyrrole nitrogens is 1. The Morgan fingerprint density at radius 2 is 1.86 bits per heavy atom. The highest BCUT2D eigenvalue weighted by Crippen LogP contribution is 2.26. The van der Waals surface area contributed by atoms with E-state index in [1.165, 1.54) is 14.0 Å². The summed E-state index contributed by atoms with van der Waals surface area (Å²) in [7, 11) is 1.28. The Hall–Kier alpha value is -3.35. The Kier molecular flexibility index (Phi) is 5.35. The van der Waals surface area contributed by atoms with Crippen molar-refractivity contribution in [1.82, 2.24) is 4.98 Å². The summed E-state index contributed by atoms with van der Waals surface area (Å²) in [6.45, 7) is 4.88. The summed E-state index contributed by atoms with van der Waals surface area (Å²) in [6, 6.07) is 7.33. The minimum Gasteiger partial charge on any atom is -0.488 e. The van der Waals surface area contributed by atoms with E-state index in [2.05, 4.69) is 4.98 Å². The number of methoxy groups -OCH3 is 1. The minimum atomic E-state index is -1.03. The highest BCUT2D eigenvalue weighted by atomic mass is 16.6. The van der Waals surface area contributed by atoms with E-state index in [0.717, 1.165) is 5.56 Å². The zero-order chi connectivity index (χ0) is 20.4. The van der Waals surface area contributed by atoms with E-state index in [-0.39, 0.29) is 12.3 Å². The molecule has 1 aliphatic heterocycles. The van der Waals surface area contributed by atoms with Crippen molar-refractivity contribution in [2.24, 2.45) is 0 Å². The van der Waals surface area contributed by atoms with E-state index < -0.39 is 23.8 Å². The average Bonchev–Trinajstić information content (AvgIpc) is 3.00. The van der Waals surface area contributed by atoms with Crippen molar-refractivity contribution in [3.63, 3.8) is 0 Å². The van der Waals surface area contributed by atoms with Gasteiger partial charge in [0.05, 0.1) is 23.9 Å². The molecule has 1 N–H and O–H groups in total. The van der Waals surface area contributed by atoms with Gasteiger partial charge in [-0.05, 0) is 38.5 Å². The largest absolute Gasteiger partial charge is 0.488 e. The van der Waals surface area contributed by atoms with Crippen molar-refractivity contribution in [1.29, 1.82) is 0 Å². The Bertz CT molecular complexity index is 985. The predicted octanol–water partition coefficient (Wildman–Crippen LogP) is 3.01. The van der Waals surface area contributed by atoms with Crippen molar-refractivity contribution in [3.8, 4) is 5.75 Å². The standard InChI is InChI=1S/C21H21NO6/c1-11-17(21(25)26-4)12(2)22-18(11)19(23)13(3)28-20(24)15-9-14-7-5-6-8-16(14)27-10-15/h5-9,13,22H,10H2,1-4H3/t13-/m0/s1. The number of Topliss-reactive ketones (excluding diaryl/α,β-unsaturated/α-hetero) is 1. The topological polar surface area (TPSA) is 94.7 Å². The number of aryl methyl sites for hydroxylation is 1. The second kappa shape index (κ2) is 7.72. The molecule has 1 aromatic carbocycles. The first-order chi connectivity index (χ1) is 13.3. The summed E-state index contributed by atoms with van der Waals surface area (Å²) in [5.74, 6) is -0.888.